The Morgan fingerprint density at radius 1 is 0.434 bits per heavy atom. The highest BCUT2D eigenvalue weighted by Gasteiger charge is 2.40. The van der Waals surface area contributed by atoms with Gasteiger partial charge in [-0.3, -0.25) is 19.2 Å². The highest BCUT2D eigenvalue weighted by Crippen LogP contribution is 2.48. The number of fused-ring (bicyclic) bond motifs is 5. The average Bonchev–Trinajstić information content (AvgIpc) is 1.26. The van der Waals surface area contributed by atoms with Crippen LogP contribution < -0.4 is 48.0 Å². The largest absolute Gasteiger partial charge is 0.486 e. The molecule has 46 heteroatoms. The van der Waals surface area contributed by atoms with Crippen molar-refractivity contribution >= 4 is 109 Å². The summed E-state index contributed by atoms with van der Waals surface area (Å²) in [6.07, 6.45) is 19.0. The number of rotatable bonds is 27. The number of halogens is 7. The molecule has 4 N–H and O–H groups in total. The van der Waals surface area contributed by atoms with Crippen LogP contribution in [0, 0.1) is 41.8 Å². The van der Waals surface area contributed by atoms with Crippen LogP contribution in [0.25, 0.3) is 22.1 Å². The number of hydrogen-bond acceptors (Lipinski definition) is 23. The van der Waals surface area contributed by atoms with Crippen LogP contribution in [-0.4, -0.2) is 226 Å². The van der Waals surface area contributed by atoms with E-state index in [0.29, 0.717) is 83.7 Å². The van der Waals surface area contributed by atoms with Crippen molar-refractivity contribution in [1.82, 2.24) is 74.6 Å². The second-order valence-electron chi connectivity index (χ2n) is 33.5. The smallest absolute Gasteiger partial charge is 0.304 e. The van der Waals surface area contributed by atoms with Crippen LogP contribution in [0.1, 0.15) is 171 Å². The van der Waals surface area contributed by atoms with Crippen molar-refractivity contribution in [2.75, 3.05) is 121 Å². The zero-order valence-electron chi connectivity index (χ0n) is 75.3. The summed E-state index contributed by atoms with van der Waals surface area (Å²) in [6, 6.07) is 27.5. The fraction of sp³-hybridized carbons (Fsp3) is 0.378. The summed E-state index contributed by atoms with van der Waals surface area (Å²) in [4.78, 5) is 59.3. The number of aryl methyl sites for hydroxylation is 1. The molecule has 12 aromatic rings. The van der Waals surface area contributed by atoms with E-state index in [1.165, 1.54) is 113 Å². The summed E-state index contributed by atoms with van der Waals surface area (Å²) < 4.78 is 232. The summed E-state index contributed by atoms with van der Waals surface area (Å²) in [5.41, 5.74) is 8.23. The molecule has 0 bridgehead atoms. The van der Waals surface area contributed by atoms with E-state index >= 15 is 0 Å². The summed E-state index contributed by atoms with van der Waals surface area (Å²) >= 11 is 0. The van der Waals surface area contributed by atoms with E-state index in [-0.39, 0.29) is 108 Å². The molecule has 0 radical (unpaired) electrons. The van der Waals surface area contributed by atoms with E-state index in [4.69, 9.17) is 14.2 Å². The number of benzene rings is 4. The molecule has 4 aromatic carbocycles. The van der Waals surface area contributed by atoms with E-state index in [1.807, 2.05) is 44.5 Å². The molecule has 5 aliphatic heterocycles. The molecule has 13 heterocycles. The van der Waals surface area contributed by atoms with Gasteiger partial charge in [-0.25, -0.2) is 67.7 Å². The lowest BCUT2D eigenvalue weighted by Gasteiger charge is -2.32. The van der Waals surface area contributed by atoms with E-state index in [2.05, 4.69) is 39.5 Å². The summed E-state index contributed by atoms with van der Waals surface area (Å²) in [6.45, 7) is 7.96. The lowest BCUT2D eigenvalue weighted by atomic mass is 9.99. The Morgan fingerprint density at radius 3 is 1.13 bits per heavy atom. The van der Waals surface area contributed by atoms with Crippen molar-refractivity contribution in [2.45, 2.75) is 121 Å². The first-order valence-electron chi connectivity index (χ1n) is 43.8. The van der Waals surface area contributed by atoms with Gasteiger partial charge in [0.05, 0.1) is 99.9 Å². The van der Waals surface area contributed by atoms with Gasteiger partial charge in [0.1, 0.15) is 48.2 Å². The maximum atomic E-state index is 14.5. The number of pyridine rings is 4. The highest BCUT2D eigenvalue weighted by atomic mass is 32.2. The van der Waals surface area contributed by atoms with Gasteiger partial charge in [-0.1, -0.05) is 19.9 Å². The Kier molecular flexibility index (Phi) is 29.4. The number of nitrogens with zero attached hydrogens (tertiary/aromatic N) is 16. The van der Waals surface area contributed by atoms with Crippen molar-refractivity contribution in [3.8, 4) is 11.5 Å². The third kappa shape index (κ3) is 21.2. The molecule has 4 saturated heterocycles. The average molecular weight is 1960 g/mol. The topological polar surface area (TPSA) is 376 Å². The zero-order valence-corrected chi connectivity index (χ0v) is 78.5. The molecule has 8 aromatic heterocycles. The zero-order chi connectivity index (χ0) is 97.1. The number of likely N-dealkylation sites (N-methyl/N-ethyl adjacent to an activating group) is 1. The summed E-state index contributed by atoms with van der Waals surface area (Å²) in [7, 11) is -8.98. The van der Waals surface area contributed by atoms with Gasteiger partial charge in [0.25, 0.3) is 23.6 Å². The van der Waals surface area contributed by atoms with Crippen LogP contribution in [0.2, 0.25) is 0 Å². The molecular weight excluding hydrogens is 1860 g/mol. The molecule has 6 aliphatic rings. The lowest BCUT2D eigenvalue weighted by Crippen LogP contribution is -2.42. The predicted octanol–water partition coefficient (Wildman–Crippen LogP) is 11.4. The third-order valence-electron chi connectivity index (χ3n) is 24.9. The van der Waals surface area contributed by atoms with Gasteiger partial charge in [-0.05, 0) is 185 Å². The molecule has 18 rings (SSSR count). The second-order valence-corrected chi connectivity index (χ2v) is 40.6. The number of carbonyl (C=O) groups is 4. The maximum Gasteiger partial charge on any atom is 0.304 e. The van der Waals surface area contributed by atoms with Crippen LogP contribution in [0.15, 0.2) is 165 Å². The minimum Gasteiger partial charge on any atom is -0.486 e. The predicted molar refractivity (Wildman–Crippen MR) is 492 cm³/mol. The number of carbonyl (C=O) groups excluding carboxylic acids is 4. The number of ether oxygens (including phenoxy) is 3. The fourth-order valence-electron chi connectivity index (χ4n) is 17.2. The molecule has 1 unspecified atom stereocenters. The van der Waals surface area contributed by atoms with Crippen LogP contribution in [0.4, 0.5) is 53.5 Å². The highest BCUT2D eigenvalue weighted by molar-refractivity contribution is 7.88. The molecule has 35 nitrogen and oxygen atoms in total. The molecule has 5 fully saturated rings. The van der Waals surface area contributed by atoms with Crippen molar-refractivity contribution in [1.29, 1.82) is 0 Å². The molecule has 0 spiro atoms. The standard InChI is InChI=1S/C24H27F2N5O5S.C22H25F2N5O4S.C22H23F2N5O3S.C22H26FN5O3S/c1-3-29(2)37(33,34)28-24(32)19-13-27-31-8-6-16(11-21(19)31)30-7-4-5-20(30)18-9-15(26)10-22-23(18)36-17(12-25)14-35-22;1-27(10-11-33-2)34(31,32)26-22(30)18-14-25-29-9-7-16(13-21(18)29)28-8-3-4-20(28)17-12-15(23)5-6-19(17)24;1-27(15-5-6-15)33(31,32)26-22(30)18-13-25-29-10-8-16(12-21(18)29)28-9-2-3-20(28)17-11-14(23)4-7-19(17)24;1-4-26(3)32(30,31)25-22(29)19-14-24-28-11-9-17(13-21(19)28)27-10-5-6-20(27)18-12-16(23)8-7-15(18)2/h6,8-11,13,17,20H,3-5,7,12,14H2,1-2H3,(H,28,32);5-7,9,12-14,20H,3-4,8,10-11H2,1-2H3,(H,26,30);4,7-8,10-13,15,20H,2-3,5-6,9H2,1H3,(H,26,30);7-9,11-14,20H,4-6,10H2,1-3H3,(H,25,29)/t17?,20-;3*20-/m1111/s1. The number of amides is 4. The monoisotopic (exact) mass is 1960 g/mol. The van der Waals surface area contributed by atoms with Crippen LogP contribution in [0.5, 0.6) is 11.5 Å². The molecule has 1 saturated carbocycles. The first kappa shape index (κ1) is 98.0. The number of anilines is 4. The minimum absolute atomic E-state index is 0.00720. The summed E-state index contributed by atoms with van der Waals surface area (Å²) in [5.74, 6) is -5.26. The van der Waals surface area contributed by atoms with Gasteiger partial charge in [-0.2, -0.15) is 71.3 Å². The van der Waals surface area contributed by atoms with Gasteiger partial charge >= 0.3 is 40.8 Å². The van der Waals surface area contributed by atoms with E-state index in [9.17, 15) is 83.6 Å². The van der Waals surface area contributed by atoms with E-state index in [0.717, 1.165) is 111 Å². The number of methoxy groups -OCH3 is 1. The van der Waals surface area contributed by atoms with Crippen molar-refractivity contribution < 1.29 is 97.8 Å². The van der Waals surface area contributed by atoms with Gasteiger partial charge < -0.3 is 33.8 Å². The molecule has 1 aliphatic carbocycles. The molecule has 724 valence electrons. The Bertz CT molecular complexity index is 7020. The SMILES string of the molecule is CCN(C)S(=O)(=O)NC(=O)c1cnn2ccc(N3CCC[C@@H]3c3cc(F)cc4c3OC(CF)CO4)cc12.CCN(C)S(=O)(=O)NC(=O)c1cnn2ccc(N3CCC[C@@H]3c3cc(F)ccc3C)cc12.CN(C1CC1)S(=O)(=O)NC(=O)c1cnn2ccc(N3CCC[C@@H]3c3cc(F)ccc3F)cc12.COCCN(C)S(=O)(=O)NC(=O)c1cnn2ccc(N3CCC[C@@H]3c3cc(F)ccc3F)cc12. The normalized spacial score (nSPS) is 18.0. The molecule has 5 atom stereocenters. The Balaban J connectivity index is 0.000000138. The lowest BCUT2D eigenvalue weighted by molar-refractivity contribution is 0.0698. The van der Waals surface area contributed by atoms with Crippen molar-refractivity contribution in [2.24, 2.45) is 0 Å². The van der Waals surface area contributed by atoms with Crippen molar-refractivity contribution in [3.05, 3.63) is 250 Å². The van der Waals surface area contributed by atoms with Crippen LogP contribution in [-0.2, 0) is 45.6 Å². The third-order valence-corrected chi connectivity index (χ3v) is 30.9. The van der Waals surface area contributed by atoms with Gasteiger partial charge in [0.2, 0.25) is 0 Å². The van der Waals surface area contributed by atoms with Crippen LogP contribution in [0.3, 0.4) is 0 Å². The molecule has 4 amide bonds. The number of aromatic nitrogens is 8. The molecular formula is C90H101F7N20O15S4. The van der Waals surface area contributed by atoms with Gasteiger partial charge in [-0.15, -0.1) is 0 Å². The van der Waals surface area contributed by atoms with Crippen molar-refractivity contribution in [3.63, 3.8) is 0 Å². The van der Waals surface area contributed by atoms with E-state index < -0.39 is 106 Å². The first-order valence-corrected chi connectivity index (χ1v) is 49.6. The number of nitrogens with one attached hydrogen (secondary N) is 4. The Labute approximate surface area is 780 Å². The van der Waals surface area contributed by atoms with Crippen LogP contribution >= 0.6 is 0 Å². The number of alkyl halides is 1. The second kappa shape index (κ2) is 40.8. The fourth-order valence-corrected chi connectivity index (χ4v) is 20.8. The minimum atomic E-state index is -4.08. The number of hydrogen-bond donors (Lipinski definition) is 4. The Hall–Kier alpha value is -12.6. The molecule has 136 heavy (non-hydrogen) atoms. The van der Waals surface area contributed by atoms with E-state index in [1.54, 1.807) is 81.1 Å². The maximum absolute atomic E-state index is 14.5. The van der Waals surface area contributed by atoms with Gasteiger partial charge in [0, 0.05) is 157 Å². The first-order chi connectivity index (χ1) is 64.9. The van der Waals surface area contributed by atoms with Gasteiger partial charge in [0.15, 0.2) is 17.6 Å². The summed E-state index contributed by atoms with van der Waals surface area (Å²) in [5, 5.41) is 16.6. The Morgan fingerprint density at radius 2 is 0.772 bits per heavy atom. The quantitative estimate of drug-likeness (QED) is 0.0347.